The number of nitrogen functional groups attached to an aromatic ring is 2. The smallest absolute Gasteiger partial charge is 0.280 e. The second-order valence-electron chi connectivity index (χ2n) is 12.6. The summed E-state index contributed by atoms with van der Waals surface area (Å²) in [5.41, 5.74) is 13.3. The first-order valence-electron chi connectivity index (χ1n) is 17.6. The van der Waals surface area contributed by atoms with Crippen molar-refractivity contribution in [2.45, 2.75) is 56.9 Å². The second-order valence-corrected chi connectivity index (χ2v) is 13.0. The van der Waals surface area contributed by atoms with E-state index in [1.807, 2.05) is 47.4 Å². The quantitative estimate of drug-likeness (QED) is 0.0249. The van der Waals surface area contributed by atoms with Gasteiger partial charge >= 0.3 is 0 Å². The molecule has 0 saturated carbocycles. The van der Waals surface area contributed by atoms with Crippen molar-refractivity contribution in [3.63, 3.8) is 0 Å². The lowest BCUT2D eigenvalue weighted by molar-refractivity contribution is -0.258. The number of halogens is 1. The summed E-state index contributed by atoms with van der Waals surface area (Å²) in [7, 11) is 0. The Morgan fingerprint density at radius 1 is 0.907 bits per heavy atom. The molecule has 0 bridgehead atoms. The van der Waals surface area contributed by atoms with Gasteiger partial charge in [-0.1, -0.05) is 66.2 Å². The number of unbranched alkanes of at least 4 members (excludes halogenated alkanes) is 1. The van der Waals surface area contributed by atoms with E-state index in [4.69, 9.17) is 43.1 Å². The normalized spacial score (nSPS) is 13.7. The molecule has 4 aromatic rings. The van der Waals surface area contributed by atoms with Crippen LogP contribution in [0.1, 0.15) is 40.9 Å². The minimum Gasteiger partial charge on any atom is -0.492 e. The minimum absolute atomic E-state index is 0.00168. The lowest BCUT2D eigenvalue weighted by Gasteiger charge is -2.28. The predicted octanol–water partition coefficient (Wildman–Crippen LogP) is 1.41. The molecule has 0 aliphatic rings. The maximum atomic E-state index is 12.4. The summed E-state index contributed by atoms with van der Waals surface area (Å²) >= 11 is 5.82. The van der Waals surface area contributed by atoms with Crippen LogP contribution in [0.5, 0.6) is 5.75 Å². The van der Waals surface area contributed by atoms with Gasteiger partial charge in [0.1, 0.15) is 24.6 Å². The molecule has 12 N–H and O–H groups in total. The number of hydrogen-bond acceptors (Lipinski definition) is 14. The highest BCUT2D eigenvalue weighted by molar-refractivity contribution is 6.31. The number of amides is 1. The van der Waals surface area contributed by atoms with Crippen molar-refractivity contribution in [1.29, 1.82) is 5.41 Å². The Balaban J connectivity index is 1.20. The summed E-state index contributed by atoms with van der Waals surface area (Å²) in [5, 5.41) is 64.6. The fraction of sp³-hybridized carbons (Fsp3) is 0.405. The Kier molecular flexibility index (Phi) is 16.6. The summed E-state index contributed by atoms with van der Waals surface area (Å²) in [6.45, 7) is 0.968. The third kappa shape index (κ3) is 13.0. The van der Waals surface area contributed by atoms with E-state index in [2.05, 4.69) is 44.9 Å². The molecule has 17 heteroatoms. The molecule has 292 valence electrons. The predicted molar refractivity (Wildman–Crippen MR) is 205 cm³/mol. The molecular weight excluding hydrogens is 720 g/mol. The zero-order valence-corrected chi connectivity index (χ0v) is 30.5. The Morgan fingerprint density at radius 3 is 2.41 bits per heavy atom. The highest BCUT2D eigenvalue weighted by atomic mass is 35.5. The Morgan fingerprint density at radius 2 is 1.65 bits per heavy atom. The van der Waals surface area contributed by atoms with E-state index in [9.17, 15) is 25.2 Å². The third-order valence-electron chi connectivity index (χ3n) is 8.54. The highest BCUT2D eigenvalue weighted by Gasteiger charge is 2.27. The van der Waals surface area contributed by atoms with Gasteiger partial charge in [-0.05, 0) is 72.7 Å². The van der Waals surface area contributed by atoms with Crippen molar-refractivity contribution < 1.29 is 39.8 Å². The van der Waals surface area contributed by atoms with Gasteiger partial charge in [-0.15, -0.1) is 0 Å². The largest absolute Gasteiger partial charge is 0.492 e. The van der Waals surface area contributed by atoms with Gasteiger partial charge in [-0.2, -0.15) is 0 Å². The van der Waals surface area contributed by atoms with Crippen LogP contribution in [0.4, 0.5) is 11.6 Å². The van der Waals surface area contributed by atoms with Crippen LogP contribution < -0.4 is 26.8 Å². The molecule has 54 heavy (non-hydrogen) atoms. The van der Waals surface area contributed by atoms with Gasteiger partial charge in [0, 0.05) is 19.6 Å². The average molecular weight is 769 g/mol. The molecule has 16 nitrogen and oxygen atoms in total. The van der Waals surface area contributed by atoms with E-state index < -0.39 is 37.3 Å². The summed E-state index contributed by atoms with van der Waals surface area (Å²) < 4.78 is 11.1. The summed E-state index contributed by atoms with van der Waals surface area (Å²) in [6, 6.07) is 22.1. The van der Waals surface area contributed by atoms with Gasteiger partial charge in [-0.25, -0.2) is 9.97 Å². The first-order valence-corrected chi connectivity index (χ1v) is 17.9. The number of carbonyl (C=O) groups is 1. The van der Waals surface area contributed by atoms with E-state index >= 15 is 0 Å². The number of benzene rings is 3. The number of rotatable bonds is 21. The lowest BCUT2D eigenvalue weighted by atomic mass is 10.0. The van der Waals surface area contributed by atoms with Gasteiger partial charge in [0.25, 0.3) is 5.91 Å². The average Bonchev–Trinajstić information content (AvgIpc) is 3.15. The van der Waals surface area contributed by atoms with E-state index in [-0.39, 0.29) is 35.0 Å². The molecule has 4 rings (SSSR count). The summed E-state index contributed by atoms with van der Waals surface area (Å²) in [4.78, 5) is 21.9. The maximum Gasteiger partial charge on any atom is 0.280 e. The molecule has 0 aliphatic heterocycles. The first kappa shape index (κ1) is 42.1. The van der Waals surface area contributed by atoms with Crippen molar-refractivity contribution in [3.8, 4) is 5.75 Å². The molecule has 0 saturated heterocycles. The fourth-order valence-corrected chi connectivity index (χ4v) is 5.77. The summed E-state index contributed by atoms with van der Waals surface area (Å²) in [5.74, 6) is -0.562. The van der Waals surface area contributed by atoms with E-state index in [0.717, 1.165) is 43.1 Å². The molecule has 3 aromatic carbocycles. The van der Waals surface area contributed by atoms with Gasteiger partial charge in [-0.3, -0.25) is 20.4 Å². The topological polar surface area (TPSA) is 266 Å². The number of nitrogens with zero attached hydrogens (tertiary/aromatic N) is 3. The zero-order chi connectivity index (χ0) is 39.0. The monoisotopic (exact) mass is 768 g/mol. The molecule has 1 heterocycles. The molecule has 0 unspecified atom stereocenters. The molecular formula is C37H49ClN8O8. The number of fused-ring (bicyclic) bond motifs is 1. The molecule has 1 aromatic heterocycles. The number of aromatic nitrogens is 2. The van der Waals surface area contributed by atoms with Crippen molar-refractivity contribution in [1.82, 2.24) is 25.5 Å². The van der Waals surface area contributed by atoms with Crippen LogP contribution in [-0.4, -0.2) is 116 Å². The standard InChI is InChI=1S/C37H49ClN8O8/c38-32-34(40)44-33(39)30(43-32)35(51)45-37(41)42-17-4-3-7-23-13-15-26(16-14-23)53-20-19-46(21-29(49)54-36(52)31(50)28(48)22-47)18-6-11-25-10-5-9-24-8-1-2-12-27(24)25/h1-2,5,8-10,12-16,28-29,31,36,47-50,52H,3-4,6-7,11,17-22H2,(H4,39,40,44)(H3,41,42,45,51)/t28-,29-,31-,36-/m1/s1. The third-order valence-corrected chi connectivity index (χ3v) is 8.81. The van der Waals surface area contributed by atoms with Crippen LogP contribution in [0.25, 0.3) is 10.8 Å². The number of guanidine groups is 1. The Hall–Kier alpha value is -4.65. The lowest BCUT2D eigenvalue weighted by Crippen LogP contribution is -2.45. The van der Waals surface area contributed by atoms with Crippen molar-refractivity contribution in [3.05, 3.63) is 88.7 Å². The minimum atomic E-state index is -1.90. The van der Waals surface area contributed by atoms with Gasteiger partial charge in [0.2, 0.25) is 0 Å². The van der Waals surface area contributed by atoms with Crippen LogP contribution in [0.3, 0.4) is 0 Å². The van der Waals surface area contributed by atoms with Crippen LogP contribution in [0, 0.1) is 5.41 Å². The number of ether oxygens (including phenoxy) is 2. The van der Waals surface area contributed by atoms with Crippen molar-refractivity contribution in [2.24, 2.45) is 0 Å². The molecule has 0 spiro atoms. The highest BCUT2D eigenvalue weighted by Crippen LogP contribution is 2.21. The fourth-order valence-electron chi connectivity index (χ4n) is 5.64. The molecule has 0 aliphatic carbocycles. The number of aliphatic hydroxyl groups excluding tert-OH is 5. The van der Waals surface area contributed by atoms with Gasteiger partial charge in [0.05, 0.1) is 6.61 Å². The van der Waals surface area contributed by atoms with E-state index in [1.54, 1.807) is 0 Å². The van der Waals surface area contributed by atoms with Gasteiger partial charge < -0.3 is 51.8 Å². The van der Waals surface area contributed by atoms with Gasteiger partial charge in [0.15, 0.2) is 41.0 Å². The number of hydrogen-bond donors (Lipinski definition) is 10. The number of anilines is 2. The Bertz CT molecular complexity index is 1800. The second kappa shape index (κ2) is 21.3. The van der Waals surface area contributed by atoms with Crippen LogP contribution in [0.15, 0.2) is 66.7 Å². The number of nitrogens with two attached hydrogens (primary N) is 2. The molecule has 0 radical (unpaired) electrons. The number of nitrogens with one attached hydrogen (secondary N) is 3. The van der Waals surface area contributed by atoms with Crippen LogP contribution in [-0.2, 0) is 17.6 Å². The summed E-state index contributed by atoms with van der Waals surface area (Å²) in [6.07, 6.45) is -2.90. The van der Waals surface area contributed by atoms with E-state index in [0.29, 0.717) is 32.0 Å². The number of aryl methyl sites for hydroxylation is 2. The molecule has 4 atom stereocenters. The maximum absolute atomic E-state index is 12.4. The van der Waals surface area contributed by atoms with Crippen LogP contribution >= 0.6 is 11.6 Å². The first-order chi connectivity index (χ1) is 25.9. The number of carbonyl (C=O) groups excluding carboxylic acids is 1. The molecule has 0 fully saturated rings. The van der Waals surface area contributed by atoms with Crippen LogP contribution in [0.2, 0.25) is 5.15 Å². The molecule has 1 amide bonds. The van der Waals surface area contributed by atoms with Crippen molar-refractivity contribution >= 4 is 45.9 Å². The van der Waals surface area contributed by atoms with Crippen molar-refractivity contribution in [2.75, 3.05) is 50.9 Å². The zero-order valence-electron chi connectivity index (χ0n) is 29.8. The SMILES string of the molecule is N=C(NCCCCc1ccc(OCCN(CCCc2cccc3ccccc23)C[C@H](O)O[C@@H](O)[C@H](O)[C@H](O)CO)cc1)NC(=O)c1nc(Cl)c(N)nc1N. The van der Waals surface area contributed by atoms with E-state index in [1.165, 1.54) is 10.9 Å². The number of aliphatic hydroxyl groups is 5. The Labute approximate surface area is 318 Å².